The first-order valence-corrected chi connectivity index (χ1v) is 9.00. The molecule has 118 valence electrons. The lowest BCUT2D eigenvalue weighted by atomic mass is 10.1. The highest BCUT2D eigenvalue weighted by molar-refractivity contribution is 7.88. The fourth-order valence-corrected chi connectivity index (χ4v) is 3.04. The van der Waals surface area contributed by atoms with Gasteiger partial charge in [0.2, 0.25) is 15.9 Å². The zero-order valence-electron chi connectivity index (χ0n) is 12.6. The van der Waals surface area contributed by atoms with E-state index in [-0.39, 0.29) is 11.9 Å². The summed E-state index contributed by atoms with van der Waals surface area (Å²) in [6.45, 7) is 6.37. The predicted molar refractivity (Wildman–Crippen MR) is 77.9 cm³/mol. The molecule has 1 rings (SSSR count). The standard InChI is InChI=1S/C13H26N2O4S/c1-11(2)10-19-8-6-13(16)15-7-4-5-12(9-15)14-20(3,17)18/h11-12,14H,4-10H2,1-3H3/t12-/m0/s1. The third-order valence-corrected chi connectivity index (χ3v) is 3.83. The molecule has 1 saturated heterocycles. The van der Waals surface area contributed by atoms with E-state index in [0.29, 0.717) is 38.6 Å². The molecule has 0 aromatic heterocycles. The van der Waals surface area contributed by atoms with Crippen molar-refractivity contribution in [2.45, 2.75) is 39.2 Å². The SMILES string of the molecule is CC(C)COCCC(=O)N1CCC[C@H](NS(C)(=O)=O)C1. The van der Waals surface area contributed by atoms with Crippen molar-refractivity contribution in [3.8, 4) is 0 Å². The highest BCUT2D eigenvalue weighted by Gasteiger charge is 2.25. The van der Waals surface area contributed by atoms with E-state index in [1.54, 1.807) is 4.90 Å². The van der Waals surface area contributed by atoms with Crippen molar-refractivity contribution in [2.75, 3.05) is 32.6 Å². The Hall–Kier alpha value is -0.660. The number of ether oxygens (including phenoxy) is 1. The van der Waals surface area contributed by atoms with Gasteiger partial charge in [-0.25, -0.2) is 13.1 Å². The van der Waals surface area contributed by atoms with Gasteiger partial charge in [0.05, 0.1) is 19.3 Å². The third kappa shape index (κ3) is 7.21. The number of rotatable bonds is 7. The number of sulfonamides is 1. The molecule has 0 radical (unpaired) electrons. The lowest BCUT2D eigenvalue weighted by molar-refractivity contribution is -0.133. The highest BCUT2D eigenvalue weighted by atomic mass is 32.2. The number of piperidine rings is 1. The molecule has 1 aliphatic heterocycles. The number of carbonyl (C=O) groups is 1. The van der Waals surface area contributed by atoms with E-state index in [9.17, 15) is 13.2 Å². The molecule has 0 aromatic carbocycles. The fourth-order valence-electron chi connectivity index (χ4n) is 2.24. The average Bonchev–Trinajstić information content (AvgIpc) is 2.32. The van der Waals surface area contributed by atoms with Crippen LogP contribution in [0.5, 0.6) is 0 Å². The number of carbonyl (C=O) groups excluding carboxylic acids is 1. The Morgan fingerprint density at radius 3 is 2.75 bits per heavy atom. The van der Waals surface area contributed by atoms with Gasteiger partial charge in [-0.1, -0.05) is 13.8 Å². The van der Waals surface area contributed by atoms with Gasteiger partial charge in [-0.2, -0.15) is 0 Å². The van der Waals surface area contributed by atoms with Crippen LogP contribution in [0.3, 0.4) is 0 Å². The first kappa shape index (κ1) is 17.4. The monoisotopic (exact) mass is 306 g/mol. The van der Waals surface area contributed by atoms with Crippen LogP contribution < -0.4 is 4.72 Å². The smallest absolute Gasteiger partial charge is 0.224 e. The van der Waals surface area contributed by atoms with Gasteiger partial charge in [0.1, 0.15) is 0 Å². The van der Waals surface area contributed by atoms with Gasteiger partial charge in [-0.05, 0) is 18.8 Å². The molecule has 0 unspecified atom stereocenters. The Kier molecular flexibility index (Phi) is 6.91. The molecule has 0 aliphatic carbocycles. The Bertz CT molecular complexity index is 409. The Morgan fingerprint density at radius 1 is 1.45 bits per heavy atom. The van der Waals surface area contributed by atoms with E-state index in [1.807, 2.05) is 0 Å². The van der Waals surface area contributed by atoms with Gasteiger partial charge in [-0.15, -0.1) is 0 Å². The van der Waals surface area contributed by atoms with E-state index < -0.39 is 10.0 Å². The van der Waals surface area contributed by atoms with Crippen LogP contribution in [0.1, 0.15) is 33.1 Å². The van der Waals surface area contributed by atoms with Crippen molar-refractivity contribution in [3.63, 3.8) is 0 Å². The molecule has 1 atom stereocenters. The average molecular weight is 306 g/mol. The number of hydrogen-bond donors (Lipinski definition) is 1. The van der Waals surface area contributed by atoms with E-state index in [4.69, 9.17) is 4.74 Å². The van der Waals surface area contributed by atoms with Crippen LogP contribution in [0.4, 0.5) is 0 Å². The van der Waals surface area contributed by atoms with E-state index in [0.717, 1.165) is 19.1 Å². The molecular weight excluding hydrogens is 280 g/mol. The molecule has 0 bridgehead atoms. The molecule has 7 heteroatoms. The van der Waals surface area contributed by atoms with Crippen molar-refractivity contribution in [3.05, 3.63) is 0 Å². The molecule has 20 heavy (non-hydrogen) atoms. The van der Waals surface area contributed by atoms with Crippen LogP contribution in [0.2, 0.25) is 0 Å². The second-order valence-electron chi connectivity index (χ2n) is 5.79. The van der Waals surface area contributed by atoms with Crippen LogP contribution in [0.25, 0.3) is 0 Å². The number of nitrogens with zero attached hydrogens (tertiary/aromatic N) is 1. The van der Waals surface area contributed by atoms with Crippen LogP contribution in [-0.2, 0) is 19.6 Å². The number of amides is 1. The first-order valence-electron chi connectivity index (χ1n) is 7.10. The number of likely N-dealkylation sites (tertiary alicyclic amines) is 1. The second kappa shape index (κ2) is 7.95. The van der Waals surface area contributed by atoms with Gasteiger partial charge in [0.25, 0.3) is 0 Å². The predicted octanol–water partition coefficient (Wildman–Crippen LogP) is 0.589. The minimum atomic E-state index is -3.22. The van der Waals surface area contributed by atoms with E-state index in [1.165, 1.54) is 0 Å². The molecule has 6 nitrogen and oxygen atoms in total. The lowest BCUT2D eigenvalue weighted by Gasteiger charge is -2.32. The minimum absolute atomic E-state index is 0.0359. The summed E-state index contributed by atoms with van der Waals surface area (Å²) in [6, 6.07) is -0.167. The number of nitrogens with one attached hydrogen (secondary N) is 1. The normalized spacial score (nSPS) is 20.4. The topological polar surface area (TPSA) is 75.7 Å². The summed E-state index contributed by atoms with van der Waals surface area (Å²) >= 11 is 0. The van der Waals surface area contributed by atoms with Crippen LogP contribution in [0.15, 0.2) is 0 Å². The van der Waals surface area contributed by atoms with E-state index in [2.05, 4.69) is 18.6 Å². The Morgan fingerprint density at radius 2 is 2.15 bits per heavy atom. The zero-order chi connectivity index (χ0) is 15.2. The van der Waals surface area contributed by atoms with Crippen molar-refractivity contribution in [2.24, 2.45) is 5.92 Å². The molecule has 1 N–H and O–H groups in total. The molecule has 1 amide bonds. The molecule has 0 spiro atoms. The second-order valence-corrected chi connectivity index (χ2v) is 7.57. The minimum Gasteiger partial charge on any atom is -0.381 e. The van der Waals surface area contributed by atoms with Crippen LogP contribution >= 0.6 is 0 Å². The highest BCUT2D eigenvalue weighted by Crippen LogP contribution is 2.12. The molecule has 0 saturated carbocycles. The maximum absolute atomic E-state index is 12.0. The maximum Gasteiger partial charge on any atom is 0.224 e. The molecule has 0 aromatic rings. The summed E-state index contributed by atoms with van der Waals surface area (Å²) in [5.41, 5.74) is 0. The fraction of sp³-hybridized carbons (Fsp3) is 0.923. The zero-order valence-corrected chi connectivity index (χ0v) is 13.4. The van der Waals surface area contributed by atoms with Gasteiger partial charge >= 0.3 is 0 Å². The van der Waals surface area contributed by atoms with Crippen molar-refractivity contribution in [1.29, 1.82) is 0 Å². The summed E-state index contributed by atoms with van der Waals surface area (Å²) in [7, 11) is -3.22. The third-order valence-electron chi connectivity index (χ3n) is 3.07. The van der Waals surface area contributed by atoms with Gasteiger partial charge in [0.15, 0.2) is 0 Å². The van der Waals surface area contributed by atoms with E-state index >= 15 is 0 Å². The van der Waals surface area contributed by atoms with Crippen molar-refractivity contribution >= 4 is 15.9 Å². The number of hydrogen-bond acceptors (Lipinski definition) is 4. The first-order chi connectivity index (χ1) is 9.28. The summed E-state index contributed by atoms with van der Waals surface area (Å²) in [5, 5.41) is 0. The van der Waals surface area contributed by atoms with Gasteiger partial charge in [0, 0.05) is 25.7 Å². The van der Waals surface area contributed by atoms with Gasteiger partial charge < -0.3 is 9.64 Å². The van der Waals surface area contributed by atoms with Crippen molar-refractivity contribution < 1.29 is 17.9 Å². The van der Waals surface area contributed by atoms with Crippen LogP contribution in [0, 0.1) is 5.92 Å². The summed E-state index contributed by atoms with van der Waals surface area (Å²) in [5.74, 6) is 0.497. The molecule has 1 aliphatic rings. The maximum atomic E-state index is 12.0. The van der Waals surface area contributed by atoms with Crippen molar-refractivity contribution in [1.82, 2.24) is 9.62 Å². The quantitative estimate of drug-likeness (QED) is 0.699. The molecule has 1 heterocycles. The molecule has 1 fully saturated rings. The Labute approximate surface area is 121 Å². The largest absolute Gasteiger partial charge is 0.381 e. The summed E-state index contributed by atoms with van der Waals surface area (Å²) in [4.78, 5) is 13.7. The Balaban J connectivity index is 2.33. The molecular formula is C13H26N2O4S. The summed E-state index contributed by atoms with van der Waals surface area (Å²) < 4.78 is 30.4. The lowest BCUT2D eigenvalue weighted by Crippen LogP contribution is -2.49. The summed E-state index contributed by atoms with van der Waals surface area (Å²) in [6.07, 6.45) is 3.11. The van der Waals surface area contributed by atoms with Gasteiger partial charge in [-0.3, -0.25) is 4.79 Å². The van der Waals surface area contributed by atoms with Crippen LogP contribution in [-0.4, -0.2) is 57.8 Å².